The van der Waals surface area contributed by atoms with Crippen LogP contribution in [0.15, 0.2) is 24.3 Å². The lowest BCUT2D eigenvalue weighted by Gasteiger charge is -2.33. The molecule has 146 valence electrons. The van der Waals surface area contributed by atoms with Crippen LogP contribution in [0.5, 0.6) is 0 Å². The SMILES string of the molecule is C[C@@H]1c2nnc(-c3nc(CN(C)C)ns3)n2CCN1C(=O)c1ccc(F)cc1. The molecule has 0 aliphatic carbocycles. The lowest BCUT2D eigenvalue weighted by atomic mass is 10.1. The summed E-state index contributed by atoms with van der Waals surface area (Å²) < 4.78 is 19.5. The normalized spacial score (nSPS) is 16.5. The topological polar surface area (TPSA) is 80.0 Å². The Morgan fingerprint density at radius 3 is 2.71 bits per heavy atom. The van der Waals surface area contributed by atoms with Gasteiger partial charge in [0.1, 0.15) is 5.82 Å². The summed E-state index contributed by atoms with van der Waals surface area (Å²) in [6, 6.07) is 5.35. The minimum Gasteiger partial charge on any atom is -0.327 e. The molecule has 1 atom stereocenters. The van der Waals surface area contributed by atoms with Crippen molar-refractivity contribution in [1.29, 1.82) is 0 Å². The molecule has 1 aliphatic heterocycles. The first-order valence-electron chi connectivity index (χ1n) is 8.91. The Hall–Kier alpha value is -2.72. The first kappa shape index (κ1) is 18.6. The molecule has 0 saturated carbocycles. The van der Waals surface area contributed by atoms with E-state index in [2.05, 4.69) is 19.6 Å². The van der Waals surface area contributed by atoms with Crippen molar-refractivity contribution < 1.29 is 9.18 Å². The van der Waals surface area contributed by atoms with Gasteiger partial charge in [0.2, 0.25) is 0 Å². The zero-order valence-corrected chi connectivity index (χ0v) is 16.6. The van der Waals surface area contributed by atoms with Crippen LogP contribution in [0.4, 0.5) is 4.39 Å². The minimum atomic E-state index is -0.363. The fourth-order valence-electron chi connectivity index (χ4n) is 3.27. The Morgan fingerprint density at radius 2 is 2.00 bits per heavy atom. The molecular formula is C18H20FN7OS. The van der Waals surface area contributed by atoms with Crippen LogP contribution in [-0.4, -0.2) is 60.5 Å². The molecule has 0 radical (unpaired) electrons. The maximum Gasteiger partial charge on any atom is 0.254 e. The Bertz CT molecular complexity index is 998. The highest BCUT2D eigenvalue weighted by Crippen LogP contribution is 2.30. The van der Waals surface area contributed by atoms with Crippen molar-refractivity contribution in [2.24, 2.45) is 0 Å². The van der Waals surface area contributed by atoms with Crippen LogP contribution in [-0.2, 0) is 13.1 Å². The molecule has 28 heavy (non-hydrogen) atoms. The summed E-state index contributed by atoms with van der Waals surface area (Å²) in [7, 11) is 3.93. The molecule has 0 unspecified atom stereocenters. The van der Waals surface area contributed by atoms with E-state index in [9.17, 15) is 9.18 Å². The molecular weight excluding hydrogens is 381 g/mol. The van der Waals surface area contributed by atoms with E-state index in [-0.39, 0.29) is 17.8 Å². The van der Waals surface area contributed by atoms with Crippen LogP contribution in [0.25, 0.3) is 10.8 Å². The van der Waals surface area contributed by atoms with E-state index in [0.29, 0.717) is 36.8 Å². The first-order valence-corrected chi connectivity index (χ1v) is 9.68. The number of hydrogen-bond acceptors (Lipinski definition) is 7. The van der Waals surface area contributed by atoms with Gasteiger partial charge in [-0.15, -0.1) is 10.2 Å². The van der Waals surface area contributed by atoms with Crippen molar-refractivity contribution >= 4 is 17.4 Å². The van der Waals surface area contributed by atoms with E-state index in [1.54, 1.807) is 4.90 Å². The zero-order valence-electron chi connectivity index (χ0n) is 15.8. The predicted molar refractivity (Wildman–Crippen MR) is 102 cm³/mol. The minimum absolute atomic E-state index is 0.146. The van der Waals surface area contributed by atoms with E-state index in [0.717, 1.165) is 10.8 Å². The number of fused-ring (bicyclic) bond motifs is 1. The number of rotatable bonds is 4. The molecule has 0 saturated heterocycles. The maximum atomic E-state index is 13.1. The van der Waals surface area contributed by atoms with Gasteiger partial charge < -0.3 is 14.4 Å². The third-order valence-corrected chi connectivity index (χ3v) is 5.40. The molecule has 1 amide bonds. The molecule has 3 aromatic rings. The molecule has 3 heterocycles. The smallest absolute Gasteiger partial charge is 0.254 e. The van der Waals surface area contributed by atoms with Gasteiger partial charge in [-0.05, 0) is 56.8 Å². The average Bonchev–Trinajstić information content (AvgIpc) is 3.28. The number of halogens is 1. The number of carbonyl (C=O) groups is 1. The standard InChI is InChI=1S/C18H20FN7OS/c1-11-15-21-22-16(17-20-14(23-28-17)10-24(2)3)26(15)9-8-25(11)18(27)12-4-6-13(19)7-5-12/h4-7,11H,8-10H2,1-3H3/t11-/m1/s1. The van der Waals surface area contributed by atoms with Gasteiger partial charge in [-0.3, -0.25) is 4.79 Å². The van der Waals surface area contributed by atoms with Gasteiger partial charge in [0.25, 0.3) is 5.91 Å². The zero-order chi connectivity index (χ0) is 19.8. The number of nitrogens with zero attached hydrogens (tertiary/aromatic N) is 7. The number of aromatic nitrogens is 5. The summed E-state index contributed by atoms with van der Waals surface area (Å²) in [6.07, 6.45) is 0. The highest BCUT2D eigenvalue weighted by atomic mass is 32.1. The summed E-state index contributed by atoms with van der Waals surface area (Å²) >= 11 is 1.30. The van der Waals surface area contributed by atoms with Crippen LogP contribution < -0.4 is 0 Å². The fourth-order valence-corrected chi connectivity index (χ4v) is 3.94. The van der Waals surface area contributed by atoms with Gasteiger partial charge in [-0.25, -0.2) is 9.37 Å². The summed E-state index contributed by atoms with van der Waals surface area (Å²) in [5.74, 6) is 1.63. The molecule has 0 spiro atoms. The Balaban J connectivity index is 1.58. The van der Waals surface area contributed by atoms with Crippen molar-refractivity contribution in [2.75, 3.05) is 20.6 Å². The quantitative estimate of drug-likeness (QED) is 0.667. The second-order valence-corrected chi connectivity index (χ2v) is 7.72. The highest BCUT2D eigenvalue weighted by Gasteiger charge is 2.32. The second kappa shape index (κ2) is 7.36. The van der Waals surface area contributed by atoms with Crippen molar-refractivity contribution in [3.63, 3.8) is 0 Å². The van der Waals surface area contributed by atoms with Gasteiger partial charge in [-0.1, -0.05) is 0 Å². The van der Waals surface area contributed by atoms with Crippen molar-refractivity contribution in [1.82, 2.24) is 33.9 Å². The van der Waals surface area contributed by atoms with Crippen molar-refractivity contribution in [3.8, 4) is 10.8 Å². The maximum absolute atomic E-state index is 13.1. The molecule has 0 bridgehead atoms. The van der Waals surface area contributed by atoms with Crippen LogP contribution in [0.3, 0.4) is 0 Å². The fraction of sp³-hybridized carbons (Fsp3) is 0.389. The van der Waals surface area contributed by atoms with E-state index in [1.807, 2.05) is 30.5 Å². The van der Waals surface area contributed by atoms with E-state index < -0.39 is 0 Å². The number of benzene rings is 1. The number of hydrogen-bond donors (Lipinski definition) is 0. The summed E-state index contributed by atoms with van der Waals surface area (Å²) in [6.45, 7) is 3.66. The van der Waals surface area contributed by atoms with Gasteiger partial charge in [0, 0.05) is 18.7 Å². The van der Waals surface area contributed by atoms with Crippen molar-refractivity contribution in [2.45, 2.75) is 26.1 Å². The molecule has 10 heteroatoms. The molecule has 0 fully saturated rings. The van der Waals surface area contributed by atoms with Crippen LogP contribution in [0, 0.1) is 5.82 Å². The lowest BCUT2D eigenvalue weighted by Crippen LogP contribution is -2.41. The first-order chi connectivity index (χ1) is 13.4. The monoisotopic (exact) mass is 401 g/mol. The van der Waals surface area contributed by atoms with Crippen LogP contribution >= 0.6 is 11.5 Å². The van der Waals surface area contributed by atoms with Gasteiger partial charge >= 0.3 is 0 Å². The van der Waals surface area contributed by atoms with Crippen molar-refractivity contribution in [3.05, 3.63) is 47.3 Å². The third-order valence-electron chi connectivity index (χ3n) is 4.65. The highest BCUT2D eigenvalue weighted by molar-refractivity contribution is 7.09. The van der Waals surface area contributed by atoms with E-state index in [1.165, 1.54) is 35.8 Å². The van der Waals surface area contributed by atoms with Gasteiger partial charge in [-0.2, -0.15) is 4.37 Å². The van der Waals surface area contributed by atoms with E-state index >= 15 is 0 Å². The second-order valence-electron chi connectivity index (χ2n) is 6.97. The predicted octanol–water partition coefficient (Wildman–Crippen LogP) is 2.21. The molecule has 8 nitrogen and oxygen atoms in total. The Kier molecular flexibility index (Phi) is 4.90. The van der Waals surface area contributed by atoms with E-state index in [4.69, 9.17) is 0 Å². The van der Waals surface area contributed by atoms with Gasteiger partial charge in [0.15, 0.2) is 22.5 Å². The Morgan fingerprint density at radius 1 is 1.25 bits per heavy atom. The third kappa shape index (κ3) is 3.40. The number of amides is 1. The molecule has 1 aromatic carbocycles. The largest absolute Gasteiger partial charge is 0.327 e. The summed E-state index contributed by atoms with van der Waals surface area (Å²) in [4.78, 5) is 21.1. The van der Waals surface area contributed by atoms with Crippen LogP contribution in [0.1, 0.15) is 35.0 Å². The lowest BCUT2D eigenvalue weighted by molar-refractivity contribution is 0.0638. The van der Waals surface area contributed by atoms with Crippen LogP contribution in [0.2, 0.25) is 0 Å². The number of carbonyl (C=O) groups excluding carboxylic acids is 1. The molecule has 0 N–H and O–H groups in total. The average molecular weight is 401 g/mol. The molecule has 1 aliphatic rings. The molecule has 2 aromatic heterocycles. The Labute approximate surface area is 165 Å². The van der Waals surface area contributed by atoms with Gasteiger partial charge in [0.05, 0.1) is 12.6 Å². The summed E-state index contributed by atoms with van der Waals surface area (Å²) in [5, 5.41) is 9.34. The molecule has 4 rings (SSSR count). The summed E-state index contributed by atoms with van der Waals surface area (Å²) in [5.41, 5.74) is 0.457.